The molecule has 0 saturated carbocycles. The van der Waals surface area contributed by atoms with Gasteiger partial charge in [0.25, 0.3) is 5.91 Å². The van der Waals surface area contributed by atoms with Crippen molar-refractivity contribution in [1.29, 1.82) is 0 Å². The van der Waals surface area contributed by atoms with Crippen LogP contribution in [0.4, 0.5) is 0 Å². The van der Waals surface area contributed by atoms with Crippen LogP contribution in [0.2, 0.25) is 0 Å². The summed E-state index contributed by atoms with van der Waals surface area (Å²) < 4.78 is 24.2. The number of amides is 1. The molecule has 1 fully saturated rings. The van der Waals surface area contributed by atoms with Gasteiger partial charge in [-0.15, -0.1) is 0 Å². The zero-order valence-electron chi connectivity index (χ0n) is 11.0. The molecule has 1 aliphatic heterocycles. The highest BCUT2D eigenvalue weighted by Crippen LogP contribution is 2.43. The summed E-state index contributed by atoms with van der Waals surface area (Å²) in [5.74, 6) is -0.671. The summed E-state index contributed by atoms with van der Waals surface area (Å²) in [6.07, 6.45) is 6.99. The minimum absolute atomic E-state index is 0.0193. The zero-order chi connectivity index (χ0) is 14.4. The highest BCUT2D eigenvalue weighted by molar-refractivity contribution is 7.88. The molecule has 1 spiro atoms. The van der Waals surface area contributed by atoms with Gasteiger partial charge in [0.2, 0.25) is 10.0 Å². The maximum Gasteiger partial charge on any atom is 0.264 e. The quantitative estimate of drug-likeness (QED) is 0.667. The molecule has 1 heterocycles. The van der Waals surface area contributed by atoms with Gasteiger partial charge in [-0.2, -0.15) is 0 Å². The summed E-state index contributed by atoms with van der Waals surface area (Å²) in [6.45, 7) is 3.54. The van der Waals surface area contributed by atoms with Crippen LogP contribution in [0.15, 0.2) is 35.5 Å². The van der Waals surface area contributed by atoms with Crippen molar-refractivity contribution >= 4 is 21.7 Å². The highest BCUT2D eigenvalue weighted by atomic mass is 32.2. The van der Waals surface area contributed by atoms with E-state index in [1.54, 1.807) is 26.0 Å². The molecule has 1 amide bonds. The number of sulfonamides is 1. The number of ketones is 1. The lowest BCUT2D eigenvalue weighted by Crippen LogP contribution is -2.32. The van der Waals surface area contributed by atoms with Gasteiger partial charge < -0.3 is 0 Å². The van der Waals surface area contributed by atoms with E-state index in [9.17, 15) is 18.0 Å². The van der Waals surface area contributed by atoms with Crippen LogP contribution in [-0.4, -0.2) is 37.2 Å². The van der Waals surface area contributed by atoms with Crippen LogP contribution < -0.4 is 0 Å². The second-order valence-corrected chi connectivity index (χ2v) is 6.97. The number of rotatable bonds is 1. The molecule has 2 aliphatic rings. The van der Waals surface area contributed by atoms with Crippen LogP contribution >= 0.6 is 0 Å². The van der Waals surface area contributed by atoms with Crippen LogP contribution in [0, 0.1) is 5.41 Å². The molecule has 0 atom stereocenters. The lowest BCUT2D eigenvalue weighted by molar-refractivity contribution is -0.120. The molecular formula is C13H15NO4S. The van der Waals surface area contributed by atoms with Crippen molar-refractivity contribution in [2.75, 3.05) is 12.8 Å². The van der Waals surface area contributed by atoms with Crippen molar-refractivity contribution in [3.05, 3.63) is 35.5 Å². The first-order valence-corrected chi connectivity index (χ1v) is 7.65. The van der Waals surface area contributed by atoms with Crippen molar-refractivity contribution in [3.63, 3.8) is 0 Å². The summed E-state index contributed by atoms with van der Waals surface area (Å²) in [4.78, 5) is 23.5. The van der Waals surface area contributed by atoms with Crippen LogP contribution in [0.5, 0.6) is 0 Å². The lowest BCUT2D eigenvalue weighted by Gasteiger charge is -2.24. The molecule has 2 rings (SSSR count). The molecular weight excluding hydrogens is 266 g/mol. The van der Waals surface area contributed by atoms with Gasteiger partial charge in [0.15, 0.2) is 5.78 Å². The van der Waals surface area contributed by atoms with Gasteiger partial charge in [0.05, 0.1) is 18.2 Å². The maximum atomic E-state index is 12.3. The van der Waals surface area contributed by atoms with Gasteiger partial charge in [0.1, 0.15) is 0 Å². The third-order valence-electron chi connectivity index (χ3n) is 3.30. The Morgan fingerprint density at radius 3 is 2.16 bits per heavy atom. The van der Waals surface area contributed by atoms with Crippen molar-refractivity contribution < 1.29 is 18.0 Å². The van der Waals surface area contributed by atoms with Gasteiger partial charge in [-0.25, -0.2) is 12.7 Å². The Hall–Kier alpha value is -1.69. The van der Waals surface area contributed by atoms with Gasteiger partial charge in [0, 0.05) is 5.57 Å². The summed E-state index contributed by atoms with van der Waals surface area (Å²) in [6, 6.07) is 0. The summed E-state index contributed by atoms with van der Waals surface area (Å²) in [5, 5.41) is 0. The Bertz CT molecular complexity index is 632. The largest absolute Gasteiger partial charge is 0.290 e. The van der Waals surface area contributed by atoms with E-state index in [1.807, 2.05) is 0 Å². The van der Waals surface area contributed by atoms with E-state index in [0.717, 1.165) is 16.1 Å². The first kappa shape index (κ1) is 13.7. The normalized spacial score (nSPS) is 21.6. The number of hydrogen-bond acceptors (Lipinski definition) is 4. The fraction of sp³-hybridized carbons (Fsp3) is 0.385. The maximum absolute atomic E-state index is 12.3. The Morgan fingerprint density at radius 1 is 1.21 bits per heavy atom. The lowest BCUT2D eigenvalue weighted by atomic mass is 9.77. The number of allylic oxidation sites excluding steroid dienone is 3. The van der Waals surface area contributed by atoms with Crippen LogP contribution in [0.3, 0.4) is 0 Å². The van der Waals surface area contributed by atoms with Crippen molar-refractivity contribution in [2.45, 2.75) is 13.8 Å². The van der Waals surface area contributed by atoms with E-state index in [2.05, 4.69) is 0 Å². The Morgan fingerprint density at radius 2 is 1.74 bits per heavy atom. The third kappa shape index (κ3) is 2.16. The number of carbonyl (C=O) groups excluding carboxylic acids is 2. The molecule has 6 heteroatoms. The molecule has 0 N–H and O–H groups in total. The second kappa shape index (κ2) is 4.16. The van der Waals surface area contributed by atoms with Crippen LogP contribution in [-0.2, 0) is 19.6 Å². The molecule has 0 aromatic rings. The number of nitrogens with zero attached hydrogens (tertiary/aromatic N) is 1. The minimum Gasteiger partial charge on any atom is -0.290 e. The topological polar surface area (TPSA) is 71.5 Å². The Kier molecular flexibility index (Phi) is 3.01. The van der Waals surface area contributed by atoms with E-state index in [0.29, 0.717) is 5.57 Å². The molecule has 0 aromatic heterocycles. The Labute approximate surface area is 112 Å². The fourth-order valence-corrected chi connectivity index (χ4v) is 3.34. The summed E-state index contributed by atoms with van der Waals surface area (Å²) in [5.41, 5.74) is 0.366. The highest BCUT2D eigenvalue weighted by Gasteiger charge is 2.49. The molecule has 0 bridgehead atoms. The predicted molar refractivity (Wildman–Crippen MR) is 70.7 cm³/mol. The summed E-state index contributed by atoms with van der Waals surface area (Å²) in [7, 11) is -3.61. The van der Waals surface area contributed by atoms with Crippen LogP contribution in [0.25, 0.3) is 0 Å². The van der Waals surface area contributed by atoms with E-state index < -0.39 is 21.3 Å². The van der Waals surface area contributed by atoms with Crippen molar-refractivity contribution in [3.8, 4) is 0 Å². The zero-order valence-corrected chi connectivity index (χ0v) is 11.8. The SMILES string of the molecule is CC(C)=C1C(=O)N(S(C)(=O)=O)CC12C=CC(=O)C=C2. The molecule has 0 aromatic carbocycles. The third-order valence-corrected chi connectivity index (χ3v) is 4.40. The van der Waals surface area contributed by atoms with E-state index in [4.69, 9.17) is 0 Å². The van der Waals surface area contributed by atoms with Gasteiger partial charge in [-0.1, -0.05) is 17.7 Å². The Balaban J connectivity index is 2.61. The van der Waals surface area contributed by atoms with E-state index in [-0.39, 0.29) is 12.3 Å². The average Bonchev–Trinajstić information content (AvgIpc) is 2.56. The molecule has 19 heavy (non-hydrogen) atoms. The standard InChI is InChI=1S/C13H15NO4S/c1-9(2)11-12(16)14(19(3,17)18)8-13(11)6-4-10(15)5-7-13/h4-7H,8H2,1-3H3. The smallest absolute Gasteiger partial charge is 0.264 e. The van der Waals surface area contributed by atoms with Crippen molar-refractivity contribution in [2.24, 2.45) is 5.41 Å². The molecule has 5 nitrogen and oxygen atoms in total. The second-order valence-electron chi connectivity index (χ2n) is 5.06. The van der Waals surface area contributed by atoms with Gasteiger partial charge >= 0.3 is 0 Å². The van der Waals surface area contributed by atoms with Gasteiger partial charge in [-0.05, 0) is 26.0 Å². The van der Waals surface area contributed by atoms with E-state index in [1.165, 1.54) is 12.2 Å². The molecule has 0 unspecified atom stereocenters. The summed E-state index contributed by atoms with van der Waals surface area (Å²) >= 11 is 0. The fourth-order valence-electron chi connectivity index (χ4n) is 2.50. The minimum atomic E-state index is -3.61. The van der Waals surface area contributed by atoms with Gasteiger partial charge in [-0.3, -0.25) is 9.59 Å². The first-order valence-electron chi connectivity index (χ1n) is 5.80. The van der Waals surface area contributed by atoms with Crippen molar-refractivity contribution in [1.82, 2.24) is 4.31 Å². The monoisotopic (exact) mass is 281 g/mol. The first-order chi connectivity index (χ1) is 8.67. The van der Waals surface area contributed by atoms with E-state index >= 15 is 0 Å². The number of hydrogen-bond donors (Lipinski definition) is 0. The predicted octanol–water partition coefficient (Wildman–Crippen LogP) is 0.806. The molecule has 0 radical (unpaired) electrons. The van der Waals surface area contributed by atoms with Crippen LogP contribution in [0.1, 0.15) is 13.8 Å². The molecule has 102 valence electrons. The molecule has 1 aliphatic carbocycles. The average molecular weight is 281 g/mol. The number of carbonyl (C=O) groups is 2. The molecule has 1 saturated heterocycles.